The number of benzene rings is 1. The molecule has 1 unspecified atom stereocenters. The Morgan fingerprint density at radius 1 is 1.41 bits per heavy atom. The Morgan fingerprint density at radius 3 is 3.09 bits per heavy atom. The average Bonchev–Trinajstić information content (AvgIpc) is 3.08. The number of fused-ring (bicyclic) bond motifs is 1. The van der Waals surface area contributed by atoms with E-state index in [1.54, 1.807) is 13.2 Å². The molecule has 3 rings (SSSR count). The van der Waals surface area contributed by atoms with E-state index in [9.17, 15) is 9.59 Å². The maximum absolute atomic E-state index is 12.0. The minimum Gasteiger partial charge on any atom is -0.464 e. The minimum absolute atomic E-state index is 0.124. The monoisotopic (exact) mass is 317 g/mol. The number of hydrogen-bond acceptors (Lipinski definition) is 4. The van der Waals surface area contributed by atoms with Gasteiger partial charge in [-0.25, -0.2) is 0 Å². The molecule has 0 N–H and O–H groups in total. The molecular formula is C17H19NO3S. The van der Waals surface area contributed by atoms with Crippen molar-refractivity contribution < 1.29 is 14.0 Å². The summed E-state index contributed by atoms with van der Waals surface area (Å²) >= 11 is 1.32. The van der Waals surface area contributed by atoms with E-state index in [-0.39, 0.29) is 11.0 Å². The third-order valence-corrected chi connectivity index (χ3v) is 5.05. The maximum atomic E-state index is 12.0. The number of likely N-dealkylation sites (tertiary alicyclic amines) is 1. The van der Waals surface area contributed by atoms with Gasteiger partial charge in [0, 0.05) is 37.6 Å². The molecule has 1 atom stereocenters. The van der Waals surface area contributed by atoms with E-state index in [4.69, 9.17) is 4.42 Å². The summed E-state index contributed by atoms with van der Waals surface area (Å²) in [5, 5.41) is 1.22. The first kappa shape index (κ1) is 15.2. The summed E-state index contributed by atoms with van der Waals surface area (Å²) in [6.45, 7) is 3.09. The molecule has 0 spiro atoms. The Kier molecular flexibility index (Phi) is 4.52. The average molecular weight is 317 g/mol. The van der Waals surface area contributed by atoms with Crippen molar-refractivity contribution in [1.82, 2.24) is 4.90 Å². The predicted molar refractivity (Wildman–Crippen MR) is 87.7 cm³/mol. The lowest BCUT2D eigenvalue weighted by atomic mass is 10.1. The van der Waals surface area contributed by atoms with Crippen molar-refractivity contribution in [2.24, 2.45) is 5.92 Å². The molecular weight excluding hydrogens is 298 g/mol. The molecule has 2 aromatic rings. The number of nitrogens with zero attached hydrogens (tertiary/aromatic N) is 1. The molecule has 2 heterocycles. The third-order valence-electron chi connectivity index (χ3n) is 4.00. The molecule has 116 valence electrons. The lowest BCUT2D eigenvalue weighted by Gasteiger charge is -2.16. The van der Waals surface area contributed by atoms with Gasteiger partial charge in [0.15, 0.2) is 5.12 Å². The molecule has 0 saturated carbocycles. The van der Waals surface area contributed by atoms with Crippen molar-refractivity contribution in [2.45, 2.75) is 19.8 Å². The van der Waals surface area contributed by atoms with E-state index >= 15 is 0 Å². The van der Waals surface area contributed by atoms with Crippen LogP contribution in [0.15, 0.2) is 34.9 Å². The van der Waals surface area contributed by atoms with Crippen LogP contribution in [-0.4, -0.2) is 34.8 Å². The Labute approximate surface area is 133 Å². The van der Waals surface area contributed by atoms with Gasteiger partial charge in [-0.2, -0.15) is 0 Å². The van der Waals surface area contributed by atoms with Crippen LogP contribution in [0.1, 0.15) is 18.9 Å². The fourth-order valence-electron chi connectivity index (χ4n) is 2.85. The zero-order valence-corrected chi connectivity index (χ0v) is 13.4. The quantitative estimate of drug-likeness (QED) is 0.850. The largest absolute Gasteiger partial charge is 0.464 e. The summed E-state index contributed by atoms with van der Waals surface area (Å²) in [4.78, 5) is 25.0. The van der Waals surface area contributed by atoms with Crippen LogP contribution in [0.5, 0.6) is 0 Å². The van der Waals surface area contributed by atoms with Gasteiger partial charge in [0.05, 0.1) is 6.26 Å². The number of hydrogen-bond donors (Lipinski definition) is 0. The Bertz CT molecular complexity index is 694. The first-order valence-electron chi connectivity index (χ1n) is 7.49. The molecule has 0 radical (unpaired) electrons. The van der Waals surface area contributed by atoms with Gasteiger partial charge < -0.3 is 9.32 Å². The van der Waals surface area contributed by atoms with E-state index < -0.39 is 0 Å². The van der Waals surface area contributed by atoms with Crippen molar-refractivity contribution in [3.63, 3.8) is 0 Å². The van der Waals surface area contributed by atoms with E-state index in [1.807, 2.05) is 17.0 Å². The van der Waals surface area contributed by atoms with Crippen LogP contribution in [-0.2, 0) is 16.0 Å². The SMILES string of the molecule is CC(=O)SCC1CC(=O)N(CCc2ccc3occc3c2)C1. The number of thioether (sulfide) groups is 1. The summed E-state index contributed by atoms with van der Waals surface area (Å²) in [5.41, 5.74) is 2.10. The standard InChI is InChI=1S/C17H19NO3S/c1-12(19)22-11-14-9-17(20)18(10-14)6-4-13-2-3-16-15(8-13)5-7-21-16/h2-3,5,7-8,14H,4,6,9-11H2,1H3. The molecule has 1 fully saturated rings. The summed E-state index contributed by atoms with van der Waals surface area (Å²) < 4.78 is 5.33. The Balaban J connectivity index is 1.54. The lowest BCUT2D eigenvalue weighted by Crippen LogP contribution is -2.27. The summed E-state index contributed by atoms with van der Waals surface area (Å²) in [6, 6.07) is 8.09. The molecule has 1 amide bonds. The summed E-state index contributed by atoms with van der Waals surface area (Å²) in [5.74, 6) is 1.26. The fourth-order valence-corrected chi connectivity index (χ4v) is 3.55. The molecule has 5 heteroatoms. The van der Waals surface area contributed by atoms with Crippen molar-refractivity contribution in [1.29, 1.82) is 0 Å². The minimum atomic E-state index is 0.124. The van der Waals surface area contributed by atoms with Crippen LogP contribution < -0.4 is 0 Å². The van der Waals surface area contributed by atoms with Gasteiger partial charge in [-0.05, 0) is 36.1 Å². The second-order valence-electron chi connectivity index (χ2n) is 5.76. The van der Waals surface area contributed by atoms with Crippen molar-refractivity contribution in [3.8, 4) is 0 Å². The van der Waals surface area contributed by atoms with Gasteiger partial charge >= 0.3 is 0 Å². The van der Waals surface area contributed by atoms with Crippen LogP contribution >= 0.6 is 11.8 Å². The smallest absolute Gasteiger partial charge is 0.222 e. The van der Waals surface area contributed by atoms with Gasteiger partial charge in [-0.1, -0.05) is 17.8 Å². The Hall–Kier alpha value is -1.75. The second-order valence-corrected chi connectivity index (χ2v) is 6.95. The van der Waals surface area contributed by atoms with Gasteiger partial charge in [0.25, 0.3) is 0 Å². The maximum Gasteiger partial charge on any atom is 0.222 e. The summed E-state index contributed by atoms with van der Waals surface area (Å²) in [7, 11) is 0. The molecule has 1 saturated heterocycles. The zero-order valence-electron chi connectivity index (χ0n) is 12.6. The molecule has 0 aliphatic carbocycles. The number of carbonyl (C=O) groups excluding carboxylic acids is 2. The summed E-state index contributed by atoms with van der Waals surface area (Å²) in [6.07, 6.45) is 3.11. The molecule has 4 nitrogen and oxygen atoms in total. The van der Waals surface area contributed by atoms with Gasteiger partial charge in [0.1, 0.15) is 5.58 Å². The molecule has 1 aromatic carbocycles. The predicted octanol–water partition coefficient (Wildman–Crippen LogP) is 3.10. The van der Waals surface area contributed by atoms with Crippen LogP contribution in [0.3, 0.4) is 0 Å². The number of furan rings is 1. The molecule has 1 aliphatic rings. The highest BCUT2D eigenvalue weighted by atomic mass is 32.2. The van der Waals surface area contributed by atoms with Crippen LogP contribution in [0.4, 0.5) is 0 Å². The molecule has 0 bridgehead atoms. The van der Waals surface area contributed by atoms with Crippen molar-refractivity contribution in [3.05, 3.63) is 36.1 Å². The highest BCUT2D eigenvalue weighted by Crippen LogP contribution is 2.23. The van der Waals surface area contributed by atoms with E-state index in [2.05, 4.69) is 12.1 Å². The number of amides is 1. The molecule has 1 aliphatic heterocycles. The third kappa shape index (κ3) is 3.53. The van der Waals surface area contributed by atoms with E-state index in [1.165, 1.54) is 17.3 Å². The second kappa shape index (κ2) is 6.57. The van der Waals surface area contributed by atoms with E-state index in [0.29, 0.717) is 12.3 Å². The van der Waals surface area contributed by atoms with Crippen molar-refractivity contribution >= 4 is 33.8 Å². The van der Waals surface area contributed by atoms with E-state index in [0.717, 1.165) is 36.2 Å². The highest BCUT2D eigenvalue weighted by Gasteiger charge is 2.29. The van der Waals surface area contributed by atoms with Crippen LogP contribution in [0.2, 0.25) is 0 Å². The number of carbonyl (C=O) groups is 2. The number of rotatable bonds is 5. The van der Waals surface area contributed by atoms with Crippen LogP contribution in [0.25, 0.3) is 11.0 Å². The van der Waals surface area contributed by atoms with Crippen molar-refractivity contribution in [2.75, 3.05) is 18.8 Å². The lowest BCUT2D eigenvalue weighted by molar-refractivity contribution is -0.127. The zero-order chi connectivity index (χ0) is 15.5. The first-order chi connectivity index (χ1) is 10.6. The first-order valence-corrected chi connectivity index (χ1v) is 8.47. The van der Waals surface area contributed by atoms with Crippen LogP contribution in [0, 0.1) is 5.92 Å². The molecule has 1 aromatic heterocycles. The molecule has 22 heavy (non-hydrogen) atoms. The Morgan fingerprint density at radius 2 is 2.27 bits per heavy atom. The topological polar surface area (TPSA) is 50.5 Å². The fraction of sp³-hybridized carbons (Fsp3) is 0.412. The van der Waals surface area contributed by atoms with Gasteiger partial charge in [-0.3, -0.25) is 9.59 Å². The van der Waals surface area contributed by atoms with Gasteiger partial charge in [0.2, 0.25) is 5.91 Å². The highest BCUT2D eigenvalue weighted by molar-refractivity contribution is 8.13. The normalized spacial score (nSPS) is 18.3. The van der Waals surface area contributed by atoms with Gasteiger partial charge in [-0.15, -0.1) is 0 Å².